The van der Waals surface area contributed by atoms with Crippen LogP contribution in [0, 0.1) is 5.82 Å². The minimum atomic E-state index is -0.372. The van der Waals surface area contributed by atoms with Crippen molar-refractivity contribution in [1.82, 2.24) is 0 Å². The molecule has 0 heterocycles. The second-order valence-corrected chi connectivity index (χ2v) is 4.56. The van der Waals surface area contributed by atoms with Gasteiger partial charge in [-0.05, 0) is 31.0 Å². The second kappa shape index (κ2) is 4.89. The van der Waals surface area contributed by atoms with E-state index >= 15 is 0 Å². The number of ketones is 1. The molecule has 0 bridgehead atoms. The summed E-state index contributed by atoms with van der Waals surface area (Å²) in [5.74, 6) is -0.387. The molecule has 0 fully saturated rings. The Balaban J connectivity index is 2.82. The van der Waals surface area contributed by atoms with Gasteiger partial charge in [0.2, 0.25) is 0 Å². The summed E-state index contributed by atoms with van der Waals surface area (Å²) in [7, 11) is 0. The number of benzene rings is 1. The summed E-state index contributed by atoms with van der Waals surface area (Å²) in [5, 5.41) is 0.361. The van der Waals surface area contributed by atoms with Crippen LogP contribution in [0.15, 0.2) is 18.2 Å². The summed E-state index contributed by atoms with van der Waals surface area (Å²) < 4.78 is 13.3. The van der Waals surface area contributed by atoms with Gasteiger partial charge in [0.1, 0.15) is 11.6 Å². The molecule has 0 saturated heterocycles. The second-order valence-electron chi connectivity index (χ2n) is 3.02. The maximum atomic E-state index is 13.3. The highest BCUT2D eigenvalue weighted by Gasteiger charge is 2.13. The van der Waals surface area contributed by atoms with Crippen molar-refractivity contribution in [3.8, 4) is 0 Å². The molecule has 0 aromatic heterocycles. The fraction of sp³-hybridized carbons (Fsp3) is 0.300. The molecule has 1 aromatic rings. The molecule has 0 saturated carbocycles. The Hall–Kier alpha value is -0.410. The van der Waals surface area contributed by atoms with E-state index in [-0.39, 0.29) is 16.4 Å². The normalized spacial score (nSPS) is 12.6. The van der Waals surface area contributed by atoms with Crippen LogP contribution in [-0.2, 0) is 11.2 Å². The molecule has 1 atom stereocenters. The van der Waals surface area contributed by atoms with Crippen molar-refractivity contribution in [3.63, 3.8) is 0 Å². The van der Waals surface area contributed by atoms with E-state index in [2.05, 4.69) is 15.9 Å². The Labute approximate surface area is 95.4 Å². The smallest absolute Gasteiger partial charge is 0.143 e. The lowest BCUT2D eigenvalue weighted by molar-refractivity contribution is -0.116. The first-order chi connectivity index (χ1) is 6.50. The summed E-state index contributed by atoms with van der Waals surface area (Å²) in [6, 6.07) is 4.45. The van der Waals surface area contributed by atoms with Crippen molar-refractivity contribution in [1.29, 1.82) is 0 Å². The molecule has 1 aromatic carbocycles. The average Bonchev–Trinajstić information content (AvgIpc) is 2.09. The van der Waals surface area contributed by atoms with Gasteiger partial charge in [-0.3, -0.25) is 4.79 Å². The molecule has 76 valence electrons. The number of hydrogen-bond donors (Lipinski definition) is 0. The van der Waals surface area contributed by atoms with Gasteiger partial charge in [-0.15, -0.1) is 0 Å². The number of halogens is 3. The van der Waals surface area contributed by atoms with Crippen molar-refractivity contribution < 1.29 is 9.18 Å². The third-order valence-electron chi connectivity index (χ3n) is 1.86. The molecular formula is C10H9BrClFO. The average molecular weight is 280 g/mol. The number of hydrogen-bond acceptors (Lipinski definition) is 1. The first-order valence-electron chi connectivity index (χ1n) is 4.09. The lowest BCUT2D eigenvalue weighted by Crippen LogP contribution is -2.13. The summed E-state index contributed by atoms with van der Waals surface area (Å²) in [6.07, 6.45) is 0.346. The largest absolute Gasteiger partial charge is 0.299 e. The first-order valence-corrected chi connectivity index (χ1v) is 5.38. The van der Waals surface area contributed by atoms with Gasteiger partial charge in [-0.25, -0.2) is 4.39 Å². The van der Waals surface area contributed by atoms with E-state index in [1.165, 1.54) is 13.0 Å². The van der Waals surface area contributed by atoms with Crippen LogP contribution in [0.1, 0.15) is 12.5 Å². The molecule has 1 rings (SSSR count). The predicted molar refractivity (Wildman–Crippen MR) is 58.5 cm³/mol. The summed E-state index contributed by atoms with van der Waals surface area (Å²) in [5.41, 5.74) is 0.492. The van der Waals surface area contributed by atoms with Crippen molar-refractivity contribution >= 4 is 33.3 Å². The number of Topliss-reactive ketones (excluding diaryl/α,β-unsaturated/α-hetero) is 1. The topological polar surface area (TPSA) is 17.1 Å². The Morgan fingerprint density at radius 1 is 1.64 bits per heavy atom. The van der Waals surface area contributed by atoms with Gasteiger partial charge in [0, 0.05) is 5.02 Å². The standard InChI is InChI=1S/C10H9BrClFO/c1-6(14)9(11)4-7-2-3-8(12)5-10(7)13/h2-3,5,9H,4H2,1H3/t9-/m0/s1. The zero-order valence-corrected chi connectivity index (χ0v) is 9.90. The van der Waals surface area contributed by atoms with Gasteiger partial charge in [-0.1, -0.05) is 33.6 Å². The highest BCUT2D eigenvalue weighted by Crippen LogP contribution is 2.18. The summed E-state index contributed by atoms with van der Waals surface area (Å²) in [4.78, 5) is 10.6. The maximum Gasteiger partial charge on any atom is 0.143 e. The van der Waals surface area contributed by atoms with Crippen LogP contribution in [0.3, 0.4) is 0 Å². The number of carbonyl (C=O) groups is 1. The van der Waals surface area contributed by atoms with E-state index in [9.17, 15) is 9.18 Å². The number of alkyl halides is 1. The van der Waals surface area contributed by atoms with Crippen LogP contribution in [0.4, 0.5) is 4.39 Å². The third kappa shape index (κ3) is 3.07. The van der Waals surface area contributed by atoms with Crippen LogP contribution in [-0.4, -0.2) is 10.6 Å². The third-order valence-corrected chi connectivity index (χ3v) is 3.06. The Morgan fingerprint density at radius 2 is 2.29 bits per heavy atom. The van der Waals surface area contributed by atoms with Gasteiger partial charge in [0.25, 0.3) is 0 Å². The van der Waals surface area contributed by atoms with E-state index in [1.807, 2.05) is 0 Å². The fourth-order valence-corrected chi connectivity index (χ4v) is 1.53. The Bertz CT molecular complexity index is 354. The molecule has 0 spiro atoms. The quantitative estimate of drug-likeness (QED) is 0.775. The molecule has 0 unspecified atom stereocenters. The zero-order valence-electron chi connectivity index (χ0n) is 7.56. The van der Waals surface area contributed by atoms with Crippen LogP contribution in [0.2, 0.25) is 5.02 Å². The van der Waals surface area contributed by atoms with Crippen molar-refractivity contribution in [2.24, 2.45) is 0 Å². The van der Waals surface area contributed by atoms with E-state index in [4.69, 9.17) is 11.6 Å². The van der Waals surface area contributed by atoms with Gasteiger partial charge in [-0.2, -0.15) is 0 Å². The molecule has 0 amide bonds. The van der Waals surface area contributed by atoms with Crippen LogP contribution >= 0.6 is 27.5 Å². The van der Waals surface area contributed by atoms with E-state index < -0.39 is 0 Å². The Kier molecular flexibility index (Phi) is 4.08. The molecule has 4 heteroatoms. The maximum absolute atomic E-state index is 13.3. The monoisotopic (exact) mass is 278 g/mol. The lowest BCUT2D eigenvalue weighted by atomic mass is 10.1. The summed E-state index contributed by atoms with van der Waals surface area (Å²) >= 11 is 8.78. The van der Waals surface area contributed by atoms with Crippen molar-refractivity contribution in [3.05, 3.63) is 34.6 Å². The Morgan fingerprint density at radius 3 is 2.79 bits per heavy atom. The number of rotatable bonds is 3. The van der Waals surface area contributed by atoms with Crippen LogP contribution in [0.25, 0.3) is 0 Å². The van der Waals surface area contributed by atoms with Gasteiger partial charge < -0.3 is 0 Å². The first kappa shape index (κ1) is 11.7. The summed E-state index contributed by atoms with van der Waals surface area (Å²) in [6.45, 7) is 1.47. The van der Waals surface area contributed by atoms with Gasteiger partial charge in [0.05, 0.1) is 4.83 Å². The minimum Gasteiger partial charge on any atom is -0.299 e. The molecule has 14 heavy (non-hydrogen) atoms. The molecule has 0 aliphatic carbocycles. The van der Waals surface area contributed by atoms with Gasteiger partial charge >= 0.3 is 0 Å². The van der Waals surface area contributed by atoms with E-state index in [1.54, 1.807) is 12.1 Å². The lowest BCUT2D eigenvalue weighted by Gasteiger charge is -2.06. The fourth-order valence-electron chi connectivity index (χ4n) is 1.02. The molecule has 0 radical (unpaired) electrons. The highest BCUT2D eigenvalue weighted by atomic mass is 79.9. The molecule has 0 aliphatic heterocycles. The SMILES string of the molecule is CC(=O)[C@@H](Br)Cc1ccc(Cl)cc1F. The molecular weight excluding hydrogens is 270 g/mol. The molecule has 0 N–H and O–H groups in total. The van der Waals surface area contributed by atoms with E-state index in [0.717, 1.165) is 0 Å². The zero-order chi connectivity index (χ0) is 10.7. The van der Waals surface area contributed by atoms with Crippen molar-refractivity contribution in [2.75, 3.05) is 0 Å². The van der Waals surface area contributed by atoms with Crippen LogP contribution in [0.5, 0.6) is 0 Å². The predicted octanol–water partition coefficient (Wildman–Crippen LogP) is 3.37. The molecule has 0 aliphatic rings. The van der Waals surface area contributed by atoms with Crippen LogP contribution < -0.4 is 0 Å². The van der Waals surface area contributed by atoms with Gasteiger partial charge in [0.15, 0.2) is 0 Å². The number of carbonyl (C=O) groups excluding carboxylic acids is 1. The molecule has 1 nitrogen and oxygen atoms in total. The highest BCUT2D eigenvalue weighted by molar-refractivity contribution is 9.10. The minimum absolute atomic E-state index is 0.0145. The van der Waals surface area contributed by atoms with Crippen molar-refractivity contribution in [2.45, 2.75) is 18.2 Å². The van der Waals surface area contributed by atoms with E-state index in [0.29, 0.717) is 17.0 Å².